The number of amides is 2. The average Bonchev–Trinajstić information content (AvgIpc) is 3.13. The van der Waals surface area contributed by atoms with Crippen LogP contribution in [0.1, 0.15) is 37.4 Å². The molecule has 1 fully saturated rings. The number of benzene rings is 1. The van der Waals surface area contributed by atoms with E-state index in [1.807, 2.05) is 39.8 Å². The van der Waals surface area contributed by atoms with Gasteiger partial charge in [-0.3, -0.25) is 9.59 Å². The largest absolute Gasteiger partial charge is 0.494 e. The number of imidazole rings is 1. The third kappa shape index (κ3) is 5.32. The summed E-state index contributed by atoms with van der Waals surface area (Å²) in [6.45, 7) is 2.12. The Hall–Kier alpha value is -2.83. The first-order valence-electron chi connectivity index (χ1n) is 9.38. The predicted octanol–water partition coefficient (Wildman–Crippen LogP) is 1.93. The minimum Gasteiger partial charge on any atom is -0.494 e. The zero-order chi connectivity index (χ0) is 19.1. The smallest absolute Gasteiger partial charge is 0.237 e. The van der Waals surface area contributed by atoms with Crippen LogP contribution in [0.25, 0.3) is 0 Å². The molecule has 27 heavy (non-hydrogen) atoms. The van der Waals surface area contributed by atoms with Gasteiger partial charge in [0.05, 0.1) is 6.61 Å². The van der Waals surface area contributed by atoms with Crippen molar-refractivity contribution < 1.29 is 14.3 Å². The zero-order valence-electron chi connectivity index (χ0n) is 15.4. The summed E-state index contributed by atoms with van der Waals surface area (Å²) in [4.78, 5) is 29.9. The van der Waals surface area contributed by atoms with E-state index < -0.39 is 0 Å². The van der Waals surface area contributed by atoms with Crippen molar-refractivity contribution in [2.75, 3.05) is 19.7 Å². The summed E-state index contributed by atoms with van der Waals surface area (Å²) in [7, 11) is 0. The highest BCUT2D eigenvalue weighted by atomic mass is 16.5. The highest BCUT2D eigenvalue weighted by molar-refractivity contribution is 5.76. The second-order valence-electron chi connectivity index (χ2n) is 6.80. The van der Waals surface area contributed by atoms with Gasteiger partial charge in [0.1, 0.15) is 18.1 Å². The predicted molar refractivity (Wildman–Crippen MR) is 101 cm³/mol. The first-order valence-corrected chi connectivity index (χ1v) is 9.38. The molecule has 0 atom stereocenters. The first kappa shape index (κ1) is 18.9. The fourth-order valence-corrected chi connectivity index (χ4v) is 3.46. The second-order valence-corrected chi connectivity index (χ2v) is 6.80. The zero-order valence-corrected chi connectivity index (χ0v) is 15.4. The van der Waals surface area contributed by atoms with Crippen LogP contribution < -0.4 is 10.5 Å². The fourth-order valence-electron chi connectivity index (χ4n) is 3.46. The molecular weight excluding hydrogens is 344 g/mol. The van der Waals surface area contributed by atoms with E-state index in [1.165, 1.54) is 0 Å². The molecule has 1 aromatic heterocycles. The summed E-state index contributed by atoms with van der Waals surface area (Å²) >= 11 is 0. The molecule has 2 heterocycles. The number of aromatic nitrogens is 2. The average molecular weight is 370 g/mol. The molecule has 0 spiro atoms. The molecule has 1 saturated heterocycles. The number of primary amides is 1. The summed E-state index contributed by atoms with van der Waals surface area (Å²) in [6.07, 6.45) is 6.38. The molecule has 7 heteroatoms. The number of nitrogens with two attached hydrogens (primary N) is 1. The number of likely N-dealkylation sites (tertiary alicyclic amines) is 1. The summed E-state index contributed by atoms with van der Waals surface area (Å²) in [6, 6.07) is 9.63. The van der Waals surface area contributed by atoms with Gasteiger partial charge >= 0.3 is 0 Å². The van der Waals surface area contributed by atoms with E-state index in [0.717, 1.165) is 24.4 Å². The van der Waals surface area contributed by atoms with E-state index in [1.54, 1.807) is 12.4 Å². The van der Waals surface area contributed by atoms with Gasteiger partial charge in [0.25, 0.3) is 0 Å². The van der Waals surface area contributed by atoms with Gasteiger partial charge in [-0.05, 0) is 31.4 Å². The number of carbonyl (C=O) groups is 2. The van der Waals surface area contributed by atoms with Crippen molar-refractivity contribution in [3.05, 3.63) is 48.5 Å². The van der Waals surface area contributed by atoms with E-state index in [-0.39, 0.29) is 24.3 Å². The summed E-state index contributed by atoms with van der Waals surface area (Å²) < 4.78 is 7.45. The summed E-state index contributed by atoms with van der Waals surface area (Å²) in [5, 5.41) is 0. The molecule has 2 aromatic rings. The molecule has 7 nitrogen and oxygen atoms in total. The van der Waals surface area contributed by atoms with Crippen molar-refractivity contribution in [2.45, 2.75) is 38.1 Å². The summed E-state index contributed by atoms with van der Waals surface area (Å²) in [5.41, 5.74) is 5.29. The molecule has 3 rings (SSSR count). The lowest BCUT2D eigenvalue weighted by Gasteiger charge is -2.32. The molecule has 0 bridgehead atoms. The topological polar surface area (TPSA) is 90.5 Å². The van der Waals surface area contributed by atoms with Crippen molar-refractivity contribution in [2.24, 2.45) is 5.73 Å². The van der Waals surface area contributed by atoms with Crippen molar-refractivity contribution in [3.63, 3.8) is 0 Å². The minimum atomic E-state index is -0.375. The minimum absolute atomic E-state index is 0.149. The van der Waals surface area contributed by atoms with Gasteiger partial charge in [0, 0.05) is 37.8 Å². The number of hydrogen-bond donors (Lipinski definition) is 1. The van der Waals surface area contributed by atoms with Crippen molar-refractivity contribution >= 4 is 11.8 Å². The highest BCUT2D eigenvalue weighted by Crippen LogP contribution is 2.27. The number of piperidine rings is 1. The SMILES string of the molecule is NC(=O)Cn1ccnc1C1CCN(C(=O)CCCOc2ccccc2)CC1. The molecule has 0 radical (unpaired) electrons. The lowest BCUT2D eigenvalue weighted by Crippen LogP contribution is -2.38. The Morgan fingerprint density at radius 1 is 1.19 bits per heavy atom. The van der Waals surface area contributed by atoms with Crippen LogP contribution in [0, 0.1) is 0 Å². The van der Waals surface area contributed by atoms with Crippen LogP contribution in [-0.2, 0) is 16.1 Å². The molecule has 0 aliphatic carbocycles. The number of carbonyl (C=O) groups excluding carboxylic acids is 2. The number of para-hydroxylation sites is 1. The number of hydrogen-bond acceptors (Lipinski definition) is 4. The Kier molecular flexibility index (Phi) is 6.46. The number of ether oxygens (including phenoxy) is 1. The maximum atomic E-state index is 12.4. The lowest BCUT2D eigenvalue weighted by atomic mass is 9.95. The van der Waals surface area contributed by atoms with Gasteiger partial charge in [0.15, 0.2) is 0 Å². The summed E-state index contributed by atoms with van der Waals surface area (Å²) in [5.74, 6) is 1.77. The van der Waals surface area contributed by atoms with Crippen LogP contribution in [0.5, 0.6) is 5.75 Å². The van der Waals surface area contributed by atoms with Crippen LogP contribution in [0.4, 0.5) is 0 Å². The van der Waals surface area contributed by atoms with Crippen LogP contribution in [-0.4, -0.2) is 46.0 Å². The number of rotatable bonds is 8. The van der Waals surface area contributed by atoms with Crippen LogP contribution in [0.2, 0.25) is 0 Å². The maximum absolute atomic E-state index is 12.4. The van der Waals surface area contributed by atoms with Gasteiger partial charge in [-0.1, -0.05) is 18.2 Å². The van der Waals surface area contributed by atoms with Gasteiger partial charge in [-0.2, -0.15) is 0 Å². The number of nitrogens with zero attached hydrogens (tertiary/aromatic N) is 3. The van der Waals surface area contributed by atoms with Gasteiger partial charge in [-0.15, -0.1) is 0 Å². The van der Waals surface area contributed by atoms with E-state index >= 15 is 0 Å². The Balaban J connectivity index is 1.40. The van der Waals surface area contributed by atoms with Crippen molar-refractivity contribution in [3.8, 4) is 5.75 Å². The highest BCUT2D eigenvalue weighted by Gasteiger charge is 2.26. The Morgan fingerprint density at radius 2 is 1.93 bits per heavy atom. The second kappa shape index (κ2) is 9.21. The molecule has 1 aliphatic rings. The van der Waals surface area contributed by atoms with E-state index in [0.29, 0.717) is 32.5 Å². The molecule has 1 aliphatic heterocycles. The molecule has 2 N–H and O–H groups in total. The first-order chi connectivity index (χ1) is 13.1. The monoisotopic (exact) mass is 370 g/mol. The molecule has 1 aromatic carbocycles. The van der Waals surface area contributed by atoms with Gasteiger partial charge < -0.3 is 19.9 Å². The lowest BCUT2D eigenvalue weighted by molar-refractivity contribution is -0.132. The molecular formula is C20H26N4O3. The van der Waals surface area contributed by atoms with E-state index in [4.69, 9.17) is 10.5 Å². The Bertz CT molecular complexity index is 752. The van der Waals surface area contributed by atoms with Gasteiger partial charge in [0.2, 0.25) is 11.8 Å². The standard InChI is InChI=1S/C20H26N4O3/c21-18(25)15-24-13-10-22-20(24)16-8-11-23(12-9-16)19(26)7-4-14-27-17-5-2-1-3-6-17/h1-3,5-6,10,13,16H,4,7-9,11-12,14-15H2,(H2,21,25). The molecule has 0 unspecified atom stereocenters. The quantitative estimate of drug-likeness (QED) is 0.719. The molecule has 2 amide bonds. The maximum Gasteiger partial charge on any atom is 0.237 e. The third-order valence-electron chi connectivity index (χ3n) is 4.83. The van der Waals surface area contributed by atoms with Crippen LogP contribution in [0.3, 0.4) is 0 Å². The third-order valence-corrected chi connectivity index (χ3v) is 4.83. The molecule has 144 valence electrons. The Labute approximate surface area is 159 Å². The van der Waals surface area contributed by atoms with E-state index in [2.05, 4.69) is 4.98 Å². The fraction of sp³-hybridized carbons (Fsp3) is 0.450. The molecule has 0 saturated carbocycles. The van der Waals surface area contributed by atoms with E-state index in [9.17, 15) is 9.59 Å². The van der Waals surface area contributed by atoms with Crippen molar-refractivity contribution in [1.82, 2.24) is 14.5 Å². The van der Waals surface area contributed by atoms with Gasteiger partial charge in [-0.25, -0.2) is 4.98 Å². The van der Waals surface area contributed by atoms with Crippen LogP contribution in [0.15, 0.2) is 42.7 Å². The normalized spacial score (nSPS) is 14.9. The Morgan fingerprint density at radius 3 is 2.63 bits per heavy atom. The van der Waals surface area contributed by atoms with Crippen molar-refractivity contribution in [1.29, 1.82) is 0 Å². The van der Waals surface area contributed by atoms with Crippen LogP contribution >= 0.6 is 0 Å².